The van der Waals surface area contributed by atoms with Crippen molar-refractivity contribution in [3.05, 3.63) is 50.9 Å². The van der Waals surface area contributed by atoms with Crippen LogP contribution in [0.4, 0.5) is 0 Å². The van der Waals surface area contributed by atoms with Gasteiger partial charge in [0.2, 0.25) is 0 Å². The Morgan fingerprint density at radius 2 is 2.20 bits per heavy atom. The Balaban J connectivity index is 1.92. The molecule has 1 unspecified atom stereocenters. The van der Waals surface area contributed by atoms with Gasteiger partial charge in [0.25, 0.3) is 0 Å². The molecule has 1 heterocycles. The molecular weight excluding hydrogens is 311 g/mol. The zero-order valence-corrected chi connectivity index (χ0v) is 14.0. The van der Waals surface area contributed by atoms with Gasteiger partial charge in [-0.1, -0.05) is 23.7 Å². The first-order valence-corrected chi connectivity index (χ1v) is 8.34. The van der Waals surface area contributed by atoms with Crippen molar-refractivity contribution in [3.63, 3.8) is 0 Å². The fourth-order valence-electron chi connectivity index (χ4n) is 2.01. The summed E-state index contributed by atoms with van der Waals surface area (Å²) in [4.78, 5) is 6.80. The molecule has 0 saturated carbocycles. The number of nitrogens with zero attached hydrogens (tertiary/aromatic N) is 2. The summed E-state index contributed by atoms with van der Waals surface area (Å²) in [5.41, 5.74) is 2.21. The second kappa shape index (κ2) is 7.41. The van der Waals surface area contributed by atoms with E-state index in [9.17, 15) is 0 Å². The monoisotopic (exact) mass is 328 g/mol. The van der Waals surface area contributed by atoms with Crippen LogP contribution in [0.1, 0.15) is 29.2 Å². The van der Waals surface area contributed by atoms with Gasteiger partial charge in [0, 0.05) is 29.4 Å². The quantitative estimate of drug-likeness (QED) is 0.710. The van der Waals surface area contributed by atoms with Crippen LogP contribution in [-0.4, -0.2) is 23.5 Å². The van der Waals surface area contributed by atoms with Crippen LogP contribution in [0.25, 0.3) is 0 Å². The maximum Gasteiger partial charge on any atom is 0.0941 e. The summed E-state index contributed by atoms with van der Waals surface area (Å²) < 4.78 is 0. The predicted molar refractivity (Wildman–Crippen MR) is 87.9 cm³/mol. The Kier molecular flexibility index (Phi) is 5.85. The van der Waals surface area contributed by atoms with Crippen molar-refractivity contribution < 1.29 is 0 Å². The van der Waals surface area contributed by atoms with Gasteiger partial charge in [0.1, 0.15) is 0 Å². The third kappa shape index (κ3) is 4.19. The summed E-state index contributed by atoms with van der Waals surface area (Å²) in [5, 5.41) is 3.96. The summed E-state index contributed by atoms with van der Waals surface area (Å²) in [6, 6.07) is 8.37. The van der Waals surface area contributed by atoms with Gasteiger partial charge >= 0.3 is 0 Å². The molecule has 0 radical (unpaired) electrons. The number of thiazole rings is 1. The fourth-order valence-corrected chi connectivity index (χ4v) is 3.23. The molecule has 5 heteroatoms. The molecule has 0 aliphatic heterocycles. The molecule has 0 aliphatic carbocycles. The number of alkyl halides is 1. The van der Waals surface area contributed by atoms with Crippen molar-refractivity contribution in [2.24, 2.45) is 0 Å². The molecule has 0 amide bonds. The third-order valence-electron chi connectivity index (χ3n) is 3.41. The number of likely N-dealkylation sites (N-methyl/N-ethyl adjacent to an activating group) is 1. The molecule has 0 aliphatic rings. The fraction of sp³-hybridized carbons (Fsp3) is 0.400. The minimum atomic E-state index is 0.334. The minimum Gasteiger partial charge on any atom is -0.299 e. The second-order valence-corrected chi connectivity index (χ2v) is 6.47. The Morgan fingerprint density at radius 3 is 2.85 bits per heavy atom. The predicted octanol–water partition coefficient (Wildman–Crippen LogP) is 4.77. The average Bonchev–Trinajstić information content (AvgIpc) is 2.92. The standard InChI is InChI=1S/C15H18Cl2N2S/c1-11(12-4-3-5-13(17)8-12)19(2)7-6-15-18-14(9-16)10-20-15/h3-5,8,10-11H,6-7,9H2,1-2H3. The first-order chi connectivity index (χ1) is 9.60. The lowest BCUT2D eigenvalue weighted by Crippen LogP contribution is -2.24. The summed E-state index contributed by atoms with van der Waals surface area (Å²) in [7, 11) is 2.13. The van der Waals surface area contributed by atoms with Crippen molar-refractivity contribution in [2.45, 2.75) is 25.3 Å². The lowest BCUT2D eigenvalue weighted by Gasteiger charge is -2.24. The minimum absolute atomic E-state index is 0.334. The zero-order chi connectivity index (χ0) is 14.5. The average molecular weight is 329 g/mol. The normalized spacial score (nSPS) is 12.8. The highest BCUT2D eigenvalue weighted by Gasteiger charge is 2.12. The molecule has 108 valence electrons. The molecule has 0 saturated heterocycles. The molecule has 1 aromatic heterocycles. The van der Waals surface area contributed by atoms with E-state index in [1.807, 2.05) is 23.6 Å². The molecule has 1 atom stereocenters. The molecule has 1 aromatic carbocycles. The van der Waals surface area contributed by atoms with Crippen LogP contribution in [0.15, 0.2) is 29.6 Å². The number of hydrogen-bond donors (Lipinski definition) is 0. The molecule has 2 aromatic rings. The Labute approximate surface area is 134 Å². The molecule has 2 rings (SSSR count). The van der Waals surface area contributed by atoms with Gasteiger partial charge in [-0.05, 0) is 31.7 Å². The van der Waals surface area contributed by atoms with Crippen molar-refractivity contribution in [1.29, 1.82) is 0 Å². The highest BCUT2D eigenvalue weighted by molar-refractivity contribution is 7.09. The smallest absolute Gasteiger partial charge is 0.0941 e. The molecular formula is C15H18Cl2N2S. The molecule has 2 nitrogen and oxygen atoms in total. The number of rotatable bonds is 6. The Morgan fingerprint density at radius 1 is 1.40 bits per heavy atom. The first kappa shape index (κ1) is 15.8. The summed E-state index contributed by atoms with van der Waals surface area (Å²) >= 11 is 13.5. The van der Waals surface area contributed by atoms with E-state index in [1.54, 1.807) is 11.3 Å². The van der Waals surface area contributed by atoms with Gasteiger partial charge in [0.15, 0.2) is 0 Å². The van der Waals surface area contributed by atoms with E-state index in [1.165, 1.54) is 5.56 Å². The first-order valence-electron chi connectivity index (χ1n) is 6.55. The third-order valence-corrected chi connectivity index (χ3v) is 4.87. The number of hydrogen-bond acceptors (Lipinski definition) is 3. The maximum atomic E-state index is 6.05. The van der Waals surface area contributed by atoms with Gasteiger partial charge < -0.3 is 0 Å². The largest absolute Gasteiger partial charge is 0.299 e. The van der Waals surface area contributed by atoms with Crippen molar-refractivity contribution in [1.82, 2.24) is 9.88 Å². The molecule has 20 heavy (non-hydrogen) atoms. The summed E-state index contributed by atoms with van der Waals surface area (Å²) in [6.07, 6.45) is 0.947. The van der Waals surface area contributed by atoms with Crippen LogP contribution in [0, 0.1) is 0 Å². The van der Waals surface area contributed by atoms with Gasteiger partial charge in [-0.25, -0.2) is 4.98 Å². The van der Waals surface area contributed by atoms with E-state index in [4.69, 9.17) is 23.2 Å². The van der Waals surface area contributed by atoms with Gasteiger partial charge in [0.05, 0.1) is 16.6 Å². The van der Waals surface area contributed by atoms with Crippen LogP contribution in [0.3, 0.4) is 0 Å². The van der Waals surface area contributed by atoms with Crippen LogP contribution >= 0.6 is 34.5 Å². The SMILES string of the molecule is CC(c1cccc(Cl)c1)N(C)CCc1nc(CCl)cs1. The van der Waals surface area contributed by atoms with E-state index in [0.29, 0.717) is 11.9 Å². The summed E-state index contributed by atoms with van der Waals surface area (Å²) in [6.45, 7) is 3.15. The topological polar surface area (TPSA) is 16.1 Å². The number of aromatic nitrogens is 1. The van der Waals surface area contributed by atoms with E-state index in [-0.39, 0.29) is 0 Å². The van der Waals surface area contributed by atoms with Crippen LogP contribution < -0.4 is 0 Å². The zero-order valence-electron chi connectivity index (χ0n) is 11.6. The van der Waals surface area contributed by atoms with Crippen molar-refractivity contribution >= 4 is 34.5 Å². The molecule has 0 spiro atoms. The molecule has 0 fully saturated rings. The lowest BCUT2D eigenvalue weighted by molar-refractivity contribution is 0.265. The Bertz CT molecular complexity index is 556. The highest BCUT2D eigenvalue weighted by atomic mass is 35.5. The van der Waals surface area contributed by atoms with Crippen LogP contribution in [0.5, 0.6) is 0 Å². The highest BCUT2D eigenvalue weighted by Crippen LogP contribution is 2.22. The van der Waals surface area contributed by atoms with E-state index < -0.39 is 0 Å². The van der Waals surface area contributed by atoms with E-state index in [2.05, 4.69) is 29.9 Å². The van der Waals surface area contributed by atoms with Crippen molar-refractivity contribution in [3.8, 4) is 0 Å². The summed E-state index contributed by atoms with van der Waals surface area (Å²) in [5.74, 6) is 0.491. The second-order valence-electron chi connectivity index (χ2n) is 4.83. The maximum absolute atomic E-state index is 6.05. The Hall–Kier alpha value is -0.610. The van der Waals surface area contributed by atoms with Gasteiger partial charge in [-0.3, -0.25) is 4.90 Å². The van der Waals surface area contributed by atoms with Gasteiger partial charge in [-0.15, -0.1) is 22.9 Å². The van der Waals surface area contributed by atoms with Crippen LogP contribution in [0.2, 0.25) is 5.02 Å². The van der Waals surface area contributed by atoms with Crippen LogP contribution in [-0.2, 0) is 12.3 Å². The number of halogens is 2. The number of benzene rings is 1. The molecule has 0 bridgehead atoms. The van der Waals surface area contributed by atoms with E-state index in [0.717, 1.165) is 28.7 Å². The van der Waals surface area contributed by atoms with Gasteiger partial charge in [-0.2, -0.15) is 0 Å². The lowest BCUT2D eigenvalue weighted by atomic mass is 10.1. The van der Waals surface area contributed by atoms with Crippen molar-refractivity contribution in [2.75, 3.05) is 13.6 Å². The van der Waals surface area contributed by atoms with E-state index >= 15 is 0 Å². The molecule has 0 N–H and O–H groups in total.